The lowest BCUT2D eigenvalue weighted by molar-refractivity contribution is -0.126. The van der Waals surface area contributed by atoms with Gasteiger partial charge in [-0.15, -0.1) is 0 Å². The van der Waals surface area contributed by atoms with Gasteiger partial charge in [0, 0.05) is 19.2 Å². The molecule has 1 aliphatic heterocycles. The molecule has 1 N–H and O–H groups in total. The number of carbonyl (C=O) groups is 2. The predicted molar refractivity (Wildman–Crippen MR) is 75.6 cm³/mol. The van der Waals surface area contributed by atoms with Gasteiger partial charge in [0.05, 0.1) is 0 Å². The molecule has 2 heterocycles. The van der Waals surface area contributed by atoms with E-state index in [1.165, 1.54) is 12.8 Å². The molecule has 0 aromatic carbocycles. The summed E-state index contributed by atoms with van der Waals surface area (Å²) < 4.78 is 4.96. The Kier molecular flexibility index (Phi) is 3.94. The summed E-state index contributed by atoms with van der Waals surface area (Å²) in [5, 5.41) is 6.75. The lowest BCUT2D eigenvalue weighted by Crippen LogP contribution is -2.52. The second-order valence-corrected chi connectivity index (χ2v) is 6.02. The summed E-state index contributed by atoms with van der Waals surface area (Å²) in [5.74, 6) is 0.998. The summed E-state index contributed by atoms with van der Waals surface area (Å²) in [6.07, 6.45) is 5.02. The maximum atomic E-state index is 12.5. The average Bonchev–Trinajstić information content (AvgIpc) is 3.24. The van der Waals surface area contributed by atoms with Gasteiger partial charge in [-0.2, -0.15) is 0 Å². The van der Waals surface area contributed by atoms with Crippen molar-refractivity contribution in [3.63, 3.8) is 0 Å². The fourth-order valence-corrected chi connectivity index (χ4v) is 2.75. The highest BCUT2D eigenvalue weighted by Crippen LogP contribution is 2.28. The number of nitrogens with zero attached hydrogens (tertiary/aromatic N) is 2. The van der Waals surface area contributed by atoms with Gasteiger partial charge < -0.3 is 14.7 Å². The molecule has 1 saturated heterocycles. The molecule has 1 unspecified atom stereocenters. The van der Waals surface area contributed by atoms with Crippen LogP contribution in [-0.2, 0) is 4.79 Å². The van der Waals surface area contributed by atoms with Crippen LogP contribution in [0.5, 0.6) is 0 Å². The Morgan fingerprint density at radius 1 is 1.38 bits per heavy atom. The zero-order valence-electron chi connectivity index (χ0n) is 12.3. The van der Waals surface area contributed by atoms with Crippen LogP contribution < -0.4 is 5.32 Å². The summed E-state index contributed by atoms with van der Waals surface area (Å²) in [4.78, 5) is 26.5. The normalized spacial score (nSPS) is 22.1. The minimum atomic E-state index is -0.373. The zero-order valence-corrected chi connectivity index (χ0v) is 12.3. The molecule has 114 valence electrons. The van der Waals surface area contributed by atoms with Crippen LogP contribution in [0.1, 0.15) is 48.4 Å². The Balaban J connectivity index is 1.67. The first-order chi connectivity index (χ1) is 10.1. The van der Waals surface area contributed by atoms with Crippen LogP contribution in [0, 0.1) is 12.8 Å². The number of hydrogen-bond acceptors (Lipinski definition) is 4. The van der Waals surface area contributed by atoms with Crippen LogP contribution in [0.4, 0.5) is 0 Å². The van der Waals surface area contributed by atoms with Gasteiger partial charge in [0.2, 0.25) is 5.91 Å². The molecule has 1 saturated carbocycles. The molecule has 2 amide bonds. The van der Waals surface area contributed by atoms with Crippen molar-refractivity contribution in [1.29, 1.82) is 0 Å². The Morgan fingerprint density at radius 2 is 2.19 bits per heavy atom. The third-order valence-electron chi connectivity index (χ3n) is 4.18. The van der Waals surface area contributed by atoms with Crippen molar-refractivity contribution in [2.24, 2.45) is 5.92 Å². The van der Waals surface area contributed by atoms with E-state index in [1.54, 1.807) is 17.9 Å². The first-order valence-electron chi connectivity index (χ1n) is 7.67. The monoisotopic (exact) mass is 291 g/mol. The molecule has 6 heteroatoms. The molecule has 3 rings (SSSR count). The fraction of sp³-hybridized carbons (Fsp3) is 0.667. The largest absolute Gasteiger partial charge is 0.361 e. The van der Waals surface area contributed by atoms with E-state index < -0.39 is 0 Å². The lowest BCUT2D eigenvalue weighted by Gasteiger charge is -2.34. The number of carbonyl (C=O) groups excluding carboxylic acids is 2. The van der Waals surface area contributed by atoms with Crippen molar-refractivity contribution in [3.05, 3.63) is 17.5 Å². The quantitative estimate of drug-likeness (QED) is 0.912. The maximum Gasteiger partial charge on any atom is 0.276 e. The highest BCUT2D eigenvalue weighted by atomic mass is 16.5. The Hall–Kier alpha value is -1.85. The maximum absolute atomic E-state index is 12.5. The number of hydrogen-bond donors (Lipinski definition) is 1. The Morgan fingerprint density at radius 3 is 2.86 bits per heavy atom. The van der Waals surface area contributed by atoms with E-state index in [0.29, 0.717) is 18.2 Å². The minimum Gasteiger partial charge on any atom is -0.361 e. The molecule has 2 aliphatic rings. The number of rotatable bonds is 4. The van der Waals surface area contributed by atoms with Crippen LogP contribution in [-0.4, -0.2) is 41.0 Å². The van der Waals surface area contributed by atoms with E-state index in [4.69, 9.17) is 4.52 Å². The molecule has 0 spiro atoms. The highest BCUT2D eigenvalue weighted by molar-refractivity contribution is 5.96. The van der Waals surface area contributed by atoms with Crippen molar-refractivity contribution in [2.75, 3.05) is 13.1 Å². The molecule has 2 fully saturated rings. The second-order valence-electron chi connectivity index (χ2n) is 6.02. The predicted octanol–water partition coefficient (Wildman–Crippen LogP) is 1.50. The van der Waals surface area contributed by atoms with Crippen molar-refractivity contribution >= 4 is 11.8 Å². The van der Waals surface area contributed by atoms with Gasteiger partial charge in [0.15, 0.2) is 5.69 Å². The second kappa shape index (κ2) is 5.87. The molecule has 1 aromatic rings. The first kappa shape index (κ1) is 14.1. The standard InChI is InChI=1S/C15H21N3O3/c1-10-8-12(17-21-10)15(20)18-7-3-2-4-13(18)14(19)16-9-11-5-6-11/h8,11,13H,2-7,9H2,1H3,(H,16,19). The molecule has 1 atom stereocenters. The molecule has 1 aliphatic carbocycles. The van der Waals surface area contributed by atoms with Crippen LogP contribution in [0.2, 0.25) is 0 Å². The van der Waals surface area contributed by atoms with Crippen LogP contribution in [0.15, 0.2) is 10.6 Å². The molecular formula is C15H21N3O3. The summed E-state index contributed by atoms with van der Waals surface area (Å²) in [6, 6.07) is 1.25. The summed E-state index contributed by atoms with van der Waals surface area (Å²) in [6.45, 7) is 3.09. The van der Waals surface area contributed by atoms with E-state index in [2.05, 4.69) is 10.5 Å². The number of aromatic nitrogens is 1. The van der Waals surface area contributed by atoms with Crippen LogP contribution in [0.25, 0.3) is 0 Å². The van der Waals surface area contributed by atoms with E-state index in [0.717, 1.165) is 25.8 Å². The van der Waals surface area contributed by atoms with E-state index >= 15 is 0 Å². The van der Waals surface area contributed by atoms with Crippen LogP contribution >= 0.6 is 0 Å². The van der Waals surface area contributed by atoms with Gasteiger partial charge in [0.1, 0.15) is 11.8 Å². The van der Waals surface area contributed by atoms with Gasteiger partial charge in [-0.1, -0.05) is 5.16 Å². The first-order valence-corrected chi connectivity index (χ1v) is 7.67. The van der Waals surface area contributed by atoms with Gasteiger partial charge in [-0.3, -0.25) is 9.59 Å². The third-order valence-corrected chi connectivity index (χ3v) is 4.18. The van der Waals surface area contributed by atoms with Gasteiger partial charge in [-0.05, 0) is 44.9 Å². The van der Waals surface area contributed by atoms with Crippen molar-refractivity contribution < 1.29 is 14.1 Å². The highest BCUT2D eigenvalue weighted by Gasteiger charge is 2.34. The average molecular weight is 291 g/mol. The summed E-state index contributed by atoms with van der Waals surface area (Å²) in [7, 11) is 0. The molecule has 1 aromatic heterocycles. The van der Waals surface area contributed by atoms with Gasteiger partial charge in [-0.25, -0.2) is 0 Å². The van der Waals surface area contributed by atoms with Gasteiger partial charge >= 0.3 is 0 Å². The van der Waals surface area contributed by atoms with E-state index in [1.807, 2.05) is 0 Å². The van der Waals surface area contributed by atoms with Crippen LogP contribution in [0.3, 0.4) is 0 Å². The third kappa shape index (κ3) is 3.25. The molecule has 0 bridgehead atoms. The molecule has 21 heavy (non-hydrogen) atoms. The van der Waals surface area contributed by atoms with Crippen molar-refractivity contribution in [3.8, 4) is 0 Å². The number of aryl methyl sites for hydroxylation is 1. The fourth-order valence-electron chi connectivity index (χ4n) is 2.75. The Labute approximate surface area is 123 Å². The topological polar surface area (TPSA) is 75.4 Å². The van der Waals surface area contributed by atoms with Crippen molar-refractivity contribution in [1.82, 2.24) is 15.4 Å². The number of amides is 2. The number of piperidine rings is 1. The minimum absolute atomic E-state index is 0.0323. The smallest absolute Gasteiger partial charge is 0.276 e. The molecule has 0 radical (unpaired) electrons. The lowest BCUT2D eigenvalue weighted by atomic mass is 10.0. The van der Waals surface area contributed by atoms with Gasteiger partial charge in [0.25, 0.3) is 5.91 Å². The Bertz CT molecular complexity index is 536. The molecular weight excluding hydrogens is 270 g/mol. The van der Waals surface area contributed by atoms with E-state index in [9.17, 15) is 9.59 Å². The SMILES string of the molecule is Cc1cc(C(=O)N2CCCCC2C(=O)NCC2CC2)no1. The molecule has 6 nitrogen and oxygen atoms in total. The number of nitrogens with one attached hydrogen (secondary N) is 1. The summed E-state index contributed by atoms with van der Waals surface area (Å²) in [5.41, 5.74) is 0.286. The summed E-state index contributed by atoms with van der Waals surface area (Å²) >= 11 is 0. The zero-order chi connectivity index (χ0) is 14.8. The van der Waals surface area contributed by atoms with E-state index in [-0.39, 0.29) is 23.6 Å². The number of likely N-dealkylation sites (tertiary alicyclic amines) is 1. The van der Waals surface area contributed by atoms with Crippen molar-refractivity contribution in [2.45, 2.75) is 45.1 Å².